The molecule has 4 heterocycles. The number of fused-ring (bicyclic) bond motifs is 1. The molecule has 0 amide bonds. The van der Waals surface area contributed by atoms with Crippen molar-refractivity contribution in [1.29, 1.82) is 0 Å². The maximum absolute atomic E-state index is 4.50. The molecule has 1 N–H and O–H groups in total. The number of rotatable bonds is 4. The molecule has 7 nitrogen and oxygen atoms in total. The highest BCUT2D eigenvalue weighted by atomic mass is 15.3. The van der Waals surface area contributed by atoms with Crippen molar-refractivity contribution in [1.82, 2.24) is 24.7 Å². The van der Waals surface area contributed by atoms with Gasteiger partial charge in [-0.3, -0.25) is 4.68 Å². The smallest absolute Gasteiger partial charge is 0.163 e. The van der Waals surface area contributed by atoms with Gasteiger partial charge in [-0.25, -0.2) is 15.0 Å². The monoisotopic (exact) mass is 323 g/mol. The molecule has 0 bridgehead atoms. The molecule has 24 heavy (non-hydrogen) atoms. The van der Waals surface area contributed by atoms with Gasteiger partial charge < -0.3 is 10.2 Å². The van der Waals surface area contributed by atoms with Crippen LogP contribution in [-0.4, -0.2) is 44.4 Å². The van der Waals surface area contributed by atoms with Gasteiger partial charge in [0.2, 0.25) is 0 Å². The van der Waals surface area contributed by atoms with Gasteiger partial charge in [-0.2, -0.15) is 5.10 Å². The van der Waals surface area contributed by atoms with Crippen LogP contribution in [0.2, 0.25) is 0 Å². The van der Waals surface area contributed by atoms with Gasteiger partial charge in [-0.15, -0.1) is 0 Å². The highest BCUT2D eigenvalue weighted by Gasteiger charge is 2.25. The Morgan fingerprint density at radius 3 is 3.08 bits per heavy atom. The predicted molar refractivity (Wildman–Crippen MR) is 94.1 cm³/mol. The van der Waals surface area contributed by atoms with Crippen LogP contribution in [0.4, 0.5) is 11.6 Å². The van der Waals surface area contributed by atoms with Crippen LogP contribution in [0.15, 0.2) is 30.7 Å². The zero-order chi connectivity index (χ0) is 16.5. The lowest BCUT2D eigenvalue weighted by atomic mass is 10.1. The third-order valence-electron chi connectivity index (χ3n) is 4.55. The minimum Gasteiger partial charge on any atom is -0.370 e. The lowest BCUT2D eigenvalue weighted by molar-refractivity contribution is 0.621. The topological polar surface area (TPSA) is 71.8 Å². The molecule has 0 aromatic carbocycles. The third-order valence-corrected chi connectivity index (χ3v) is 4.55. The number of nitrogens with zero attached hydrogens (tertiary/aromatic N) is 6. The van der Waals surface area contributed by atoms with Crippen molar-refractivity contribution in [3.05, 3.63) is 36.4 Å². The summed E-state index contributed by atoms with van der Waals surface area (Å²) in [5.41, 5.74) is 1.92. The summed E-state index contributed by atoms with van der Waals surface area (Å²) < 4.78 is 1.79. The van der Waals surface area contributed by atoms with Crippen LogP contribution in [0.3, 0.4) is 0 Å². The molecule has 1 saturated heterocycles. The molecule has 1 unspecified atom stereocenters. The Balaban J connectivity index is 1.44. The summed E-state index contributed by atoms with van der Waals surface area (Å²) in [6.45, 7) is 4.93. The van der Waals surface area contributed by atoms with Crippen LogP contribution in [0.5, 0.6) is 0 Å². The minimum absolute atomic E-state index is 0.578. The summed E-state index contributed by atoms with van der Waals surface area (Å²) in [5.74, 6) is 2.52. The van der Waals surface area contributed by atoms with Crippen molar-refractivity contribution in [3.8, 4) is 0 Å². The highest BCUT2D eigenvalue weighted by molar-refractivity contribution is 5.86. The first-order valence-corrected chi connectivity index (χ1v) is 8.26. The molecule has 0 aliphatic carbocycles. The fourth-order valence-electron chi connectivity index (χ4n) is 3.28. The van der Waals surface area contributed by atoms with E-state index in [1.807, 2.05) is 38.4 Å². The molecule has 1 atom stereocenters. The second-order valence-corrected chi connectivity index (χ2v) is 6.35. The fraction of sp³-hybridized carbons (Fsp3) is 0.412. The van der Waals surface area contributed by atoms with E-state index in [9.17, 15) is 0 Å². The van der Waals surface area contributed by atoms with E-state index >= 15 is 0 Å². The van der Waals surface area contributed by atoms with Gasteiger partial charge in [-0.1, -0.05) is 6.07 Å². The largest absolute Gasteiger partial charge is 0.370 e. The predicted octanol–water partition coefficient (Wildman–Crippen LogP) is 2.01. The van der Waals surface area contributed by atoms with E-state index in [1.165, 1.54) is 0 Å². The van der Waals surface area contributed by atoms with Gasteiger partial charge in [0.25, 0.3) is 0 Å². The number of anilines is 2. The number of pyridine rings is 1. The van der Waals surface area contributed by atoms with Gasteiger partial charge in [0.05, 0.1) is 11.6 Å². The van der Waals surface area contributed by atoms with E-state index in [0.29, 0.717) is 5.92 Å². The Bertz CT molecular complexity index is 857. The molecule has 7 heteroatoms. The zero-order valence-corrected chi connectivity index (χ0v) is 14.0. The van der Waals surface area contributed by atoms with E-state index in [4.69, 9.17) is 0 Å². The van der Waals surface area contributed by atoms with E-state index in [0.717, 1.165) is 54.4 Å². The Kier molecular flexibility index (Phi) is 3.76. The minimum atomic E-state index is 0.578. The quantitative estimate of drug-likeness (QED) is 0.792. The van der Waals surface area contributed by atoms with Crippen LogP contribution in [0.25, 0.3) is 11.0 Å². The normalized spacial score (nSPS) is 17.6. The van der Waals surface area contributed by atoms with Crippen molar-refractivity contribution < 1.29 is 0 Å². The van der Waals surface area contributed by atoms with Gasteiger partial charge in [0, 0.05) is 32.4 Å². The van der Waals surface area contributed by atoms with Gasteiger partial charge in [0.15, 0.2) is 5.65 Å². The summed E-state index contributed by atoms with van der Waals surface area (Å²) in [6, 6.07) is 6.06. The first-order chi connectivity index (χ1) is 11.7. The standard InChI is InChI=1S/C17H21N7/c1-12-4-3-5-15(22-12)18-8-13-6-7-24(10-13)17-14-9-21-23(2)16(14)19-11-20-17/h3-5,9,11,13H,6-8,10H2,1-2H3,(H,18,22). The second kappa shape index (κ2) is 6.07. The number of hydrogen-bond donors (Lipinski definition) is 1. The first-order valence-electron chi connectivity index (χ1n) is 8.26. The van der Waals surface area contributed by atoms with Crippen molar-refractivity contribution in [2.75, 3.05) is 29.9 Å². The van der Waals surface area contributed by atoms with Gasteiger partial charge in [-0.05, 0) is 31.4 Å². The second-order valence-electron chi connectivity index (χ2n) is 6.35. The molecule has 0 saturated carbocycles. The van der Waals surface area contributed by atoms with E-state index in [1.54, 1.807) is 11.0 Å². The maximum Gasteiger partial charge on any atom is 0.163 e. The van der Waals surface area contributed by atoms with Crippen LogP contribution >= 0.6 is 0 Å². The van der Waals surface area contributed by atoms with E-state index in [2.05, 4.69) is 30.3 Å². The molecule has 124 valence electrons. The molecule has 0 spiro atoms. The molecular weight excluding hydrogens is 302 g/mol. The molecule has 3 aromatic rings. The van der Waals surface area contributed by atoms with Crippen molar-refractivity contribution in [2.45, 2.75) is 13.3 Å². The van der Waals surface area contributed by atoms with Gasteiger partial charge in [0.1, 0.15) is 18.0 Å². The number of hydrogen-bond acceptors (Lipinski definition) is 6. The zero-order valence-electron chi connectivity index (χ0n) is 14.0. The third kappa shape index (κ3) is 2.77. The molecule has 1 fully saturated rings. The Morgan fingerprint density at radius 1 is 1.29 bits per heavy atom. The fourth-order valence-corrected chi connectivity index (χ4v) is 3.28. The molecule has 1 aliphatic rings. The van der Waals surface area contributed by atoms with Crippen molar-refractivity contribution in [3.63, 3.8) is 0 Å². The summed E-state index contributed by atoms with van der Waals surface area (Å²) in [5, 5.41) is 8.77. The molecular formula is C17H21N7. The highest BCUT2D eigenvalue weighted by Crippen LogP contribution is 2.27. The summed E-state index contributed by atoms with van der Waals surface area (Å²) in [6.07, 6.45) is 4.62. The Labute approximate surface area is 140 Å². The SMILES string of the molecule is Cc1cccc(NCC2CCN(c3ncnc4c3cnn4C)C2)n1. The van der Waals surface area contributed by atoms with E-state index in [-0.39, 0.29) is 0 Å². The van der Waals surface area contributed by atoms with Crippen LogP contribution in [-0.2, 0) is 7.05 Å². The van der Waals surface area contributed by atoms with Crippen LogP contribution in [0, 0.1) is 12.8 Å². The first kappa shape index (κ1) is 14.9. The van der Waals surface area contributed by atoms with Crippen LogP contribution < -0.4 is 10.2 Å². The summed E-state index contributed by atoms with van der Waals surface area (Å²) in [4.78, 5) is 15.6. The lowest BCUT2D eigenvalue weighted by Crippen LogP contribution is -2.23. The number of aromatic nitrogens is 5. The molecule has 0 radical (unpaired) electrons. The van der Waals surface area contributed by atoms with Crippen LogP contribution in [0.1, 0.15) is 12.1 Å². The molecule has 1 aliphatic heterocycles. The lowest BCUT2D eigenvalue weighted by Gasteiger charge is -2.18. The number of aryl methyl sites for hydroxylation is 2. The molecule has 3 aromatic heterocycles. The van der Waals surface area contributed by atoms with Crippen molar-refractivity contribution in [2.24, 2.45) is 13.0 Å². The Morgan fingerprint density at radius 2 is 2.21 bits per heavy atom. The summed E-state index contributed by atoms with van der Waals surface area (Å²) in [7, 11) is 1.91. The van der Waals surface area contributed by atoms with E-state index < -0.39 is 0 Å². The average Bonchev–Trinajstić information content (AvgIpc) is 3.20. The van der Waals surface area contributed by atoms with Crippen molar-refractivity contribution >= 4 is 22.7 Å². The van der Waals surface area contributed by atoms with Gasteiger partial charge >= 0.3 is 0 Å². The Hall–Kier alpha value is -2.70. The maximum atomic E-state index is 4.50. The number of nitrogens with one attached hydrogen (secondary N) is 1. The molecule has 4 rings (SSSR count). The average molecular weight is 323 g/mol. The summed E-state index contributed by atoms with van der Waals surface area (Å²) >= 11 is 0.